The number of carbonyl (C=O) groups excluding carboxylic acids is 1. The van der Waals surface area contributed by atoms with Crippen LogP contribution in [-0.4, -0.2) is 18.0 Å². The zero-order valence-electron chi connectivity index (χ0n) is 11.2. The van der Waals surface area contributed by atoms with E-state index in [9.17, 15) is 4.79 Å². The van der Waals surface area contributed by atoms with E-state index in [0.29, 0.717) is 0 Å². The lowest BCUT2D eigenvalue weighted by atomic mass is 9.86. The molecule has 6 N–H and O–H groups in total. The van der Waals surface area contributed by atoms with Crippen LogP contribution >= 0.6 is 0 Å². The number of amides is 1. The van der Waals surface area contributed by atoms with E-state index in [4.69, 9.17) is 11.5 Å². The maximum Gasteiger partial charge on any atom is 0.214 e. The smallest absolute Gasteiger partial charge is 0.214 e. The van der Waals surface area contributed by atoms with Crippen LogP contribution in [0.5, 0.6) is 0 Å². The molecule has 100 valence electrons. The van der Waals surface area contributed by atoms with Crippen LogP contribution in [0.25, 0.3) is 0 Å². The molecule has 0 aromatic heterocycles. The van der Waals surface area contributed by atoms with Gasteiger partial charge in [-0.1, -0.05) is 19.9 Å². The van der Waals surface area contributed by atoms with E-state index in [1.54, 1.807) is 0 Å². The Hall–Kier alpha value is -1.09. The predicted molar refractivity (Wildman–Crippen MR) is 73.3 cm³/mol. The minimum Gasteiger partial charge on any atom is -0.370 e. The highest BCUT2D eigenvalue weighted by Crippen LogP contribution is 2.20. The number of primary amides is 1. The summed E-state index contributed by atoms with van der Waals surface area (Å²) in [6.07, 6.45) is 6.95. The van der Waals surface area contributed by atoms with Gasteiger partial charge in [0.05, 0.1) is 0 Å². The van der Waals surface area contributed by atoms with Gasteiger partial charge in [0.15, 0.2) is 0 Å². The minimum atomic E-state index is -0.333. The van der Waals surface area contributed by atoms with E-state index in [0.717, 1.165) is 38.6 Å². The van der Waals surface area contributed by atoms with Crippen LogP contribution in [-0.2, 0) is 4.79 Å². The van der Waals surface area contributed by atoms with Crippen molar-refractivity contribution in [2.45, 2.75) is 51.5 Å². The fourth-order valence-corrected chi connectivity index (χ4v) is 1.56. The molecule has 0 aliphatic rings. The van der Waals surface area contributed by atoms with Gasteiger partial charge in [-0.2, -0.15) is 0 Å². The molecule has 0 saturated carbocycles. The molecule has 4 nitrogen and oxygen atoms in total. The number of rotatable bonds is 7. The van der Waals surface area contributed by atoms with E-state index in [1.165, 1.54) is 6.92 Å². The Labute approximate surface area is 105 Å². The van der Waals surface area contributed by atoms with Gasteiger partial charge in [0.2, 0.25) is 5.91 Å². The van der Waals surface area contributed by atoms with E-state index in [-0.39, 0.29) is 11.4 Å². The quantitative estimate of drug-likeness (QED) is 0.589. The highest BCUT2D eigenvalue weighted by molar-refractivity contribution is 5.70. The molecule has 0 fully saturated rings. The summed E-state index contributed by atoms with van der Waals surface area (Å²) in [5, 5.41) is 0. The summed E-state index contributed by atoms with van der Waals surface area (Å²) >= 11 is 0. The van der Waals surface area contributed by atoms with Gasteiger partial charge in [-0.05, 0) is 38.3 Å². The maximum absolute atomic E-state index is 9.22. The van der Waals surface area contributed by atoms with Crippen molar-refractivity contribution >= 4 is 5.91 Å². The molecule has 0 heterocycles. The van der Waals surface area contributed by atoms with Gasteiger partial charge in [0, 0.05) is 12.5 Å². The van der Waals surface area contributed by atoms with E-state index < -0.39 is 0 Å². The molecule has 0 bridgehead atoms. The summed E-state index contributed by atoms with van der Waals surface area (Å²) in [4.78, 5) is 9.22. The molecule has 4 heteroatoms. The second kappa shape index (κ2) is 11.4. The summed E-state index contributed by atoms with van der Waals surface area (Å²) in [6.45, 7) is 7.73. The molecule has 0 aliphatic carbocycles. The van der Waals surface area contributed by atoms with Crippen LogP contribution in [0.15, 0.2) is 18.4 Å². The van der Waals surface area contributed by atoms with Crippen molar-refractivity contribution in [3.63, 3.8) is 0 Å². The van der Waals surface area contributed by atoms with Crippen LogP contribution in [0.1, 0.15) is 46.0 Å². The average Bonchev–Trinajstić information content (AvgIpc) is 2.23. The molecular weight excluding hydrogens is 214 g/mol. The Balaban J connectivity index is 0. The number of hydrogen-bond donors (Lipinski definition) is 3. The first-order chi connectivity index (χ1) is 7.91. The molecule has 1 amide bonds. The normalized spacial score (nSPS) is 12.7. The lowest BCUT2D eigenvalue weighted by Crippen LogP contribution is -2.39. The van der Waals surface area contributed by atoms with Gasteiger partial charge in [0.1, 0.15) is 0 Å². The first kappa shape index (κ1) is 18.3. The molecule has 0 aromatic rings. The van der Waals surface area contributed by atoms with Crippen LogP contribution in [0.4, 0.5) is 0 Å². The zero-order chi connectivity index (χ0) is 13.7. The fourth-order valence-electron chi connectivity index (χ4n) is 1.56. The largest absolute Gasteiger partial charge is 0.370 e. The minimum absolute atomic E-state index is 0.0845. The Kier molecular flexibility index (Phi) is 12.3. The van der Waals surface area contributed by atoms with E-state index in [1.807, 2.05) is 6.08 Å². The van der Waals surface area contributed by atoms with Crippen LogP contribution in [0, 0.1) is 0 Å². The molecule has 17 heavy (non-hydrogen) atoms. The third-order valence-corrected chi connectivity index (χ3v) is 2.28. The SMILES string of the molecule is C=C=CCC(N)(CCC)CCCN.CC(N)=O. The highest BCUT2D eigenvalue weighted by Gasteiger charge is 2.21. The predicted octanol–water partition coefficient (Wildman–Crippen LogP) is 1.45. The maximum atomic E-state index is 9.22. The molecular formula is C13H27N3O. The topological polar surface area (TPSA) is 95.1 Å². The van der Waals surface area contributed by atoms with Gasteiger partial charge in [-0.25, -0.2) is 0 Å². The summed E-state index contributed by atoms with van der Waals surface area (Å²) in [5.74, 6) is -0.333. The van der Waals surface area contributed by atoms with E-state index >= 15 is 0 Å². The van der Waals surface area contributed by atoms with Crippen molar-refractivity contribution in [1.82, 2.24) is 0 Å². The Morgan fingerprint density at radius 1 is 1.47 bits per heavy atom. The molecule has 0 spiro atoms. The standard InChI is InChI=1S/C11H22N2.C2H5NO/c1-3-5-8-11(13,7-4-2)9-6-10-12;1-2(3)4/h5H,1,4,6-10,12-13H2,2H3;1H3,(H2,3,4). The Morgan fingerprint density at radius 3 is 2.35 bits per heavy atom. The number of hydrogen-bond acceptors (Lipinski definition) is 3. The second-order valence-electron chi connectivity index (χ2n) is 4.23. The lowest BCUT2D eigenvalue weighted by molar-refractivity contribution is -0.115. The number of nitrogens with two attached hydrogens (primary N) is 3. The van der Waals surface area contributed by atoms with Gasteiger partial charge >= 0.3 is 0 Å². The molecule has 0 aliphatic heterocycles. The average molecular weight is 241 g/mol. The van der Waals surface area contributed by atoms with Crippen LogP contribution in [0.2, 0.25) is 0 Å². The Morgan fingerprint density at radius 2 is 2.00 bits per heavy atom. The molecule has 0 radical (unpaired) electrons. The van der Waals surface area contributed by atoms with Crippen molar-refractivity contribution in [3.8, 4) is 0 Å². The van der Waals surface area contributed by atoms with Gasteiger partial charge < -0.3 is 17.2 Å². The molecule has 1 atom stereocenters. The first-order valence-electron chi connectivity index (χ1n) is 6.01. The third kappa shape index (κ3) is 14.9. The fraction of sp³-hybridized carbons (Fsp3) is 0.692. The van der Waals surface area contributed by atoms with Crippen molar-refractivity contribution in [2.24, 2.45) is 17.2 Å². The summed E-state index contributed by atoms with van der Waals surface area (Å²) in [6, 6.07) is 0. The lowest BCUT2D eigenvalue weighted by Gasteiger charge is -2.27. The van der Waals surface area contributed by atoms with Crippen LogP contribution in [0.3, 0.4) is 0 Å². The molecule has 0 saturated heterocycles. The van der Waals surface area contributed by atoms with Crippen molar-refractivity contribution in [2.75, 3.05) is 6.54 Å². The number of carbonyl (C=O) groups is 1. The second-order valence-corrected chi connectivity index (χ2v) is 4.23. The summed E-state index contributed by atoms with van der Waals surface area (Å²) in [7, 11) is 0. The summed E-state index contributed by atoms with van der Waals surface area (Å²) in [5.41, 5.74) is 18.9. The van der Waals surface area contributed by atoms with Gasteiger partial charge in [-0.3, -0.25) is 4.79 Å². The highest BCUT2D eigenvalue weighted by atomic mass is 16.1. The molecule has 0 aromatic carbocycles. The molecule has 0 rings (SSSR count). The van der Waals surface area contributed by atoms with E-state index in [2.05, 4.69) is 25.0 Å². The Bertz CT molecular complexity index is 243. The molecule has 1 unspecified atom stereocenters. The van der Waals surface area contributed by atoms with Crippen molar-refractivity contribution in [1.29, 1.82) is 0 Å². The summed E-state index contributed by atoms with van der Waals surface area (Å²) < 4.78 is 0. The first-order valence-corrected chi connectivity index (χ1v) is 6.01. The monoisotopic (exact) mass is 241 g/mol. The van der Waals surface area contributed by atoms with Gasteiger partial charge in [0.25, 0.3) is 0 Å². The zero-order valence-corrected chi connectivity index (χ0v) is 11.2. The van der Waals surface area contributed by atoms with Crippen LogP contribution < -0.4 is 17.2 Å². The van der Waals surface area contributed by atoms with Gasteiger partial charge in [-0.15, -0.1) is 5.73 Å². The van der Waals surface area contributed by atoms with Crippen molar-refractivity contribution in [3.05, 3.63) is 18.4 Å². The van der Waals surface area contributed by atoms with Crippen molar-refractivity contribution < 1.29 is 4.79 Å². The third-order valence-electron chi connectivity index (χ3n) is 2.28.